The predicted molar refractivity (Wildman–Crippen MR) is 105 cm³/mol. The van der Waals surface area contributed by atoms with E-state index in [0.717, 1.165) is 16.0 Å². The molecule has 0 aliphatic carbocycles. The Bertz CT molecular complexity index is 936. The molecule has 27 heavy (non-hydrogen) atoms. The van der Waals surface area contributed by atoms with Gasteiger partial charge in [-0.15, -0.1) is 11.3 Å². The smallest absolute Gasteiger partial charge is 0.264 e. The number of furan rings is 1. The van der Waals surface area contributed by atoms with Gasteiger partial charge in [-0.3, -0.25) is 9.59 Å². The summed E-state index contributed by atoms with van der Waals surface area (Å²) < 4.78 is 4.99. The Hall–Kier alpha value is -2.86. The number of hydrogen-bond donors (Lipinski definition) is 0. The third kappa shape index (κ3) is 3.53. The Morgan fingerprint density at radius 1 is 0.926 bits per heavy atom. The lowest BCUT2D eigenvalue weighted by Crippen LogP contribution is -2.50. The van der Waals surface area contributed by atoms with Gasteiger partial charge >= 0.3 is 0 Å². The molecule has 2 aromatic heterocycles. The molecular formula is C21H20N2O3S. The van der Waals surface area contributed by atoms with E-state index in [9.17, 15) is 9.59 Å². The molecule has 3 heterocycles. The molecule has 0 atom stereocenters. The van der Waals surface area contributed by atoms with Crippen LogP contribution in [0.15, 0.2) is 58.7 Å². The van der Waals surface area contributed by atoms with Crippen LogP contribution in [0.5, 0.6) is 0 Å². The lowest BCUT2D eigenvalue weighted by atomic mass is 10.0. The van der Waals surface area contributed by atoms with Crippen molar-refractivity contribution in [3.63, 3.8) is 0 Å². The van der Waals surface area contributed by atoms with Gasteiger partial charge in [0, 0.05) is 31.7 Å². The molecule has 4 rings (SSSR count). The Balaban J connectivity index is 1.45. The molecule has 138 valence electrons. The highest BCUT2D eigenvalue weighted by Crippen LogP contribution is 2.30. The summed E-state index contributed by atoms with van der Waals surface area (Å²) in [5, 5.41) is 1.96. The van der Waals surface area contributed by atoms with Gasteiger partial charge < -0.3 is 14.2 Å². The van der Waals surface area contributed by atoms with Crippen LogP contribution in [0.25, 0.3) is 11.1 Å². The monoisotopic (exact) mass is 380 g/mol. The van der Waals surface area contributed by atoms with E-state index in [0.29, 0.717) is 31.7 Å². The fourth-order valence-electron chi connectivity index (χ4n) is 3.26. The van der Waals surface area contributed by atoms with Gasteiger partial charge in [0.05, 0.1) is 16.7 Å². The minimum atomic E-state index is -0.0488. The van der Waals surface area contributed by atoms with Crippen LogP contribution in [-0.2, 0) is 0 Å². The standard InChI is InChI=1S/C21H20N2O3S/c1-15-2-4-16(5-3-15)18-7-13-27-19(18)21(25)23-10-8-22(9-11-23)20(24)17-6-12-26-14-17/h2-7,12-14H,8-11H2,1H3. The molecule has 1 aliphatic heterocycles. The van der Waals surface area contributed by atoms with Crippen LogP contribution in [0.2, 0.25) is 0 Å². The number of hydrogen-bond acceptors (Lipinski definition) is 4. The van der Waals surface area contributed by atoms with Crippen molar-refractivity contribution in [1.29, 1.82) is 0 Å². The summed E-state index contributed by atoms with van der Waals surface area (Å²) >= 11 is 1.47. The van der Waals surface area contributed by atoms with Gasteiger partial charge in [0.1, 0.15) is 6.26 Å². The SMILES string of the molecule is Cc1ccc(-c2ccsc2C(=O)N2CCN(C(=O)c3ccoc3)CC2)cc1. The maximum Gasteiger partial charge on any atom is 0.264 e. The van der Waals surface area contributed by atoms with E-state index in [-0.39, 0.29) is 11.8 Å². The van der Waals surface area contributed by atoms with Crippen LogP contribution in [0.3, 0.4) is 0 Å². The van der Waals surface area contributed by atoms with E-state index < -0.39 is 0 Å². The molecule has 0 saturated carbocycles. The highest BCUT2D eigenvalue weighted by molar-refractivity contribution is 7.12. The summed E-state index contributed by atoms with van der Waals surface area (Å²) in [6.45, 7) is 4.18. The number of rotatable bonds is 3. The lowest BCUT2D eigenvalue weighted by Gasteiger charge is -2.34. The second kappa shape index (κ2) is 7.40. The minimum Gasteiger partial charge on any atom is -0.472 e. The number of amides is 2. The second-order valence-electron chi connectivity index (χ2n) is 6.63. The zero-order valence-corrected chi connectivity index (χ0v) is 15.9. The molecular weight excluding hydrogens is 360 g/mol. The van der Waals surface area contributed by atoms with Crippen LogP contribution in [0.1, 0.15) is 25.6 Å². The van der Waals surface area contributed by atoms with Crippen molar-refractivity contribution < 1.29 is 14.0 Å². The molecule has 0 radical (unpaired) electrons. The summed E-state index contributed by atoms with van der Waals surface area (Å²) in [5.41, 5.74) is 3.77. The van der Waals surface area contributed by atoms with Gasteiger partial charge in [0.2, 0.25) is 0 Å². The van der Waals surface area contributed by atoms with Crippen molar-refractivity contribution in [2.24, 2.45) is 0 Å². The number of carbonyl (C=O) groups excluding carboxylic acids is 2. The summed E-state index contributed by atoms with van der Waals surface area (Å²) in [4.78, 5) is 29.8. The van der Waals surface area contributed by atoms with Gasteiger partial charge in [-0.1, -0.05) is 29.8 Å². The summed E-state index contributed by atoms with van der Waals surface area (Å²) in [7, 11) is 0. The fourth-order valence-corrected chi connectivity index (χ4v) is 4.14. The van der Waals surface area contributed by atoms with Crippen molar-refractivity contribution in [3.05, 3.63) is 70.3 Å². The first kappa shape index (κ1) is 17.5. The number of benzene rings is 1. The van der Waals surface area contributed by atoms with Crippen LogP contribution >= 0.6 is 11.3 Å². The minimum absolute atomic E-state index is 0.0379. The number of carbonyl (C=O) groups is 2. The van der Waals surface area contributed by atoms with Crippen molar-refractivity contribution in [3.8, 4) is 11.1 Å². The second-order valence-corrected chi connectivity index (χ2v) is 7.54. The average Bonchev–Trinajstić information content (AvgIpc) is 3.40. The number of piperazine rings is 1. The van der Waals surface area contributed by atoms with Crippen LogP contribution in [0.4, 0.5) is 0 Å². The molecule has 1 aliphatic rings. The van der Waals surface area contributed by atoms with Crippen LogP contribution in [0, 0.1) is 6.92 Å². The Morgan fingerprint density at radius 2 is 1.59 bits per heavy atom. The molecule has 2 amide bonds. The van der Waals surface area contributed by atoms with E-state index in [1.54, 1.807) is 11.0 Å². The maximum atomic E-state index is 13.0. The van der Waals surface area contributed by atoms with E-state index in [4.69, 9.17) is 4.42 Å². The average molecular weight is 380 g/mol. The first-order valence-corrected chi connectivity index (χ1v) is 9.77. The number of thiophene rings is 1. The molecule has 3 aromatic rings. The van der Waals surface area contributed by atoms with Gasteiger partial charge in [-0.05, 0) is 30.0 Å². The molecule has 5 nitrogen and oxygen atoms in total. The van der Waals surface area contributed by atoms with E-state index >= 15 is 0 Å². The van der Waals surface area contributed by atoms with Crippen molar-refractivity contribution in [2.75, 3.05) is 26.2 Å². The maximum absolute atomic E-state index is 13.0. The molecule has 0 N–H and O–H groups in total. The summed E-state index contributed by atoms with van der Waals surface area (Å²) in [5.74, 6) is -0.0108. The first-order valence-electron chi connectivity index (χ1n) is 8.89. The van der Waals surface area contributed by atoms with E-state index in [1.165, 1.54) is 29.4 Å². The molecule has 1 fully saturated rings. The number of nitrogens with zero attached hydrogens (tertiary/aromatic N) is 2. The zero-order chi connectivity index (χ0) is 18.8. The lowest BCUT2D eigenvalue weighted by molar-refractivity contribution is 0.0538. The molecule has 0 spiro atoms. The predicted octanol–water partition coefficient (Wildman–Crippen LogP) is 3.91. The molecule has 0 bridgehead atoms. The quantitative estimate of drug-likeness (QED) is 0.692. The topological polar surface area (TPSA) is 53.8 Å². The van der Waals surface area contributed by atoms with Gasteiger partial charge in [-0.2, -0.15) is 0 Å². The van der Waals surface area contributed by atoms with Gasteiger partial charge in [0.25, 0.3) is 11.8 Å². The van der Waals surface area contributed by atoms with Gasteiger partial charge in [-0.25, -0.2) is 0 Å². The summed E-state index contributed by atoms with van der Waals surface area (Å²) in [6.07, 6.45) is 2.95. The summed E-state index contributed by atoms with van der Waals surface area (Å²) in [6, 6.07) is 11.9. The van der Waals surface area contributed by atoms with Crippen LogP contribution < -0.4 is 0 Å². The Kier molecular flexibility index (Phi) is 4.81. The Labute approximate surface area is 161 Å². The molecule has 6 heteroatoms. The Morgan fingerprint density at radius 3 is 2.22 bits per heavy atom. The number of aryl methyl sites for hydroxylation is 1. The first-order chi connectivity index (χ1) is 13.1. The molecule has 1 aromatic carbocycles. The molecule has 1 saturated heterocycles. The normalized spacial score (nSPS) is 14.4. The van der Waals surface area contributed by atoms with Crippen molar-refractivity contribution in [1.82, 2.24) is 9.80 Å². The zero-order valence-electron chi connectivity index (χ0n) is 15.1. The van der Waals surface area contributed by atoms with Crippen LogP contribution in [-0.4, -0.2) is 47.8 Å². The van der Waals surface area contributed by atoms with E-state index in [2.05, 4.69) is 24.3 Å². The highest BCUT2D eigenvalue weighted by atomic mass is 32.1. The highest BCUT2D eigenvalue weighted by Gasteiger charge is 2.27. The molecule has 0 unspecified atom stereocenters. The van der Waals surface area contributed by atoms with Crippen molar-refractivity contribution in [2.45, 2.75) is 6.92 Å². The van der Waals surface area contributed by atoms with Gasteiger partial charge in [0.15, 0.2) is 0 Å². The third-order valence-corrected chi connectivity index (χ3v) is 5.75. The van der Waals surface area contributed by atoms with E-state index in [1.807, 2.05) is 23.3 Å². The largest absolute Gasteiger partial charge is 0.472 e. The van der Waals surface area contributed by atoms with Crippen molar-refractivity contribution >= 4 is 23.2 Å². The third-order valence-electron chi connectivity index (χ3n) is 4.84. The fraction of sp³-hybridized carbons (Fsp3) is 0.238.